The third-order valence-electron chi connectivity index (χ3n) is 6.07. The van der Waals surface area contributed by atoms with Crippen LogP contribution in [0.15, 0.2) is 108 Å². The predicted octanol–water partition coefficient (Wildman–Crippen LogP) is 8.54. The summed E-state index contributed by atoms with van der Waals surface area (Å²) in [5.74, 6) is -1.63. The van der Waals surface area contributed by atoms with Gasteiger partial charge in [-0.05, 0) is 79.7 Å². The van der Waals surface area contributed by atoms with Gasteiger partial charge in [-0.2, -0.15) is 13.2 Å². The van der Waals surface area contributed by atoms with Gasteiger partial charge in [0, 0.05) is 37.4 Å². The average molecular weight is 659 g/mol. The predicted molar refractivity (Wildman–Crippen MR) is 169 cm³/mol. The molecule has 44 heavy (non-hydrogen) atoms. The molecule has 12 heteroatoms. The van der Waals surface area contributed by atoms with Crippen molar-refractivity contribution in [1.29, 1.82) is 0 Å². The van der Waals surface area contributed by atoms with Gasteiger partial charge in [0.1, 0.15) is 5.70 Å². The van der Waals surface area contributed by atoms with E-state index in [4.69, 9.17) is 23.2 Å². The van der Waals surface area contributed by atoms with Gasteiger partial charge in [-0.1, -0.05) is 53.5 Å². The first-order chi connectivity index (χ1) is 20.9. The van der Waals surface area contributed by atoms with Crippen LogP contribution < -0.4 is 16.0 Å². The lowest BCUT2D eigenvalue weighted by Crippen LogP contribution is -2.30. The molecule has 0 radical (unpaired) electrons. The molecule has 0 saturated heterocycles. The molecule has 0 bridgehead atoms. The van der Waals surface area contributed by atoms with Gasteiger partial charge in [0.25, 0.3) is 11.8 Å². The number of anilines is 2. The molecule has 4 aromatic rings. The monoisotopic (exact) mass is 657 g/mol. The van der Waals surface area contributed by atoms with Crippen LogP contribution in [-0.4, -0.2) is 23.0 Å². The number of carbonyl (C=O) groups excluding carboxylic acids is 3. The van der Waals surface area contributed by atoms with Crippen molar-refractivity contribution in [3.05, 3.63) is 129 Å². The first-order valence-electron chi connectivity index (χ1n) is 13.0. The molecule has 0 fully saturated rings. The summed E-state index contributed by atoms with van der Waals surface area (Å²) in [5.41, 5.74) is 0.151. The van der Waals surface area contributed by atoms with Crippen LogP contribution >= 0.6 is 35.0 Å². The quantitative estimate of drug-likeness (QED) is 0.124. The lowest BCUT2D eigenvalue weighted by atomic mass is 10.1. The molecule has 0 aliphatic rings. The van der Waals surface area contributed by atoms with Crippen LogP contribution in [0.5, 0.6) is 0 Å². The van der Waals surface area contributed by atoms with Crippen molar-refractivity contribution in [3.8, 4) is 0 Å². The van der Waals surface area contributed by atoms with Gasteiger partial charge in [0.15, 0.2) is 0 Å². The van der Waals surface area contributed by atoms with E-state index >= 15 is 0 Å². The fourth-order valence-electron chi connectivity index (χ4n) is 3.83. The van der Waals surface area contributed by atoms with E-state index in [2.05, 4.69) is 16.0 Å². The number of benzene rings is 4. The van der Waals surface area contributed by atoms with Crippen LogP contribution in [0.25, 0.3) is 6.08 Å². The lowest BCUT2D eigenvalue weighted by Gasteiger charge is -2.14. The number of carbonyl (C=O) groups is 3. The van der Waals surface area contributed by atoms with Gasteiger partial charge in [-0.15, -0.1) is 11.8 Å². The number of halogens is 5. The van der Waals surface area contributed by atoms with E-state index in [-0.39, 0.29) is 21.4 Å². The molecular weight excluding hydrogens is 634 g/mol. The van der Waals surface area contributed by atoms with Gasteiger partial charge in [0.05, 0.1) is 10.8 Å². The minimum atomic E-state index is -4.52. The third-order valence-corrected chi connectivity index (χ3v) is 7.84. The summed E-state index contributed by atoms with van der Waals surface area (Å²) >= 11 is 13.8. The summed E-state index contributed by atoms with van der Waals surface area (Å²) in [6, 6.07) is 24.2. The largest absolute Gasteiger partial charge is 0.416 e. The number of nitrogens with one attached hydrogen (secondary N) is 3. The fourth-order valence-corrected chi connectivity index (χ4v) is 5.20. The highest BCUT2D eigenvalue weighted by atomic mass is 35.5. The Morgan fingerprint density at radius 3 is 2.07 bits per heavy atom. The van der Waals surface area contributed by atoms with E-state index in [1.54, 1.807) is 79.7 Å². The molecule has 3 N–H and O–H groups in total. The summed E-state index contributed by atoms with van der Waals surface area (Å²) in [4.78, 5) is 39.5. The second kappa shape index (κ2) is 14.5. The lowest BCUT2D eigenvalue weighted by molar-refractivity contribution is -0.137. The molecule has 4 rings (SSSR count). The maximum absolute atomic E-state index is 13.3. The van der Waals surface area contributed by atoms with Crippen LogP contribution in [0, 0.1) is 0 Å². The molecule has 0 aliphatic heterocycles. The van der Waals surface area contributed by atoms with E-state index in [1.807, 2.05) is 0 Å². The van der Waals surface area contributed by atoms with Crippen LogP contribution in [0.4, 0.5) is 24.5 Å². The van der Waals surface area contributed by atoms with Gasteiger partial charge in [-0.3, -0.25) is 14.4 Å². The highest BCUT2D eigenvalue weighted by molar-refractivity contribution is 8.00. The first kappa shape index (κ1) is 32.7. The Kier molecular flexibility index (Phi) is 10.7. The van der Waals surface area contributed by atoms with E-state index in [9.17, 15) is 27.6 Å². The molecule has 4 aromatic carbocycles. The molecule has 0 heterocycles. The minimum Gasteiger partial charge on any atom is -0.325 e. The highest BCUT2D eigenvalue weighted by Crippen LogP contribution is 2.32. The van der Waals surface area contributed by atoms with Crippen LogP contribution in [0.2, 0.25) is 10.0 Å². The number of thioether (sulfide) groups is 1. The van der Waals surface area contributed by atoms with Crippen molar-refractivity contribution >= 4 is 70.1 Å². The number of alkyl halides is 3. The van der Waals surface area contributed by atoms with Gasteiger partial charge < -0.3 is 16.0 Å². The van der Waals surface area contributed by atoms with Crippen molar-refractivity contribution in [2.24, 2.45) is 0 Å². The molecule has 0 saturated carbocycles. The Labute approximate surface area is 265 Å². The number of hydrogen-bond donors (Lipinski definition) is 3. The molecule has 3 amide bonds. The normalized spacial score (nSPS) is 12.3. The van der Waals surface area contributed by atoms with Crippen molar-refractivity contribution in [2.75, 3.05) is 10.6 Å². The molecule has 6 nitrogen and oxygen atoms in total. The number of rotatable bonds is 9. The van der Waals surface area contributed by atoms with E-state index in [1.165, 1.54) is 30.0 Å². The van der Waals surface area contributed by atoms with Gasteiger partial charge >= 0.3 is 6.18 Å². The van der Waals surface area contributed by atoms with Crippen molar-refractivity contribution in [3.63, 3.8) is 0 Å². The van der Waals surface area contributed by atoms with E-state index in [0.29, 0.717) is 21.7 Å². The zero-order valence-electron chi connectivity index (χ0n) is 22.9. The highest BCUT2D eigenvalue weighted by Gasteiger charge is 2.30. The van der Waals surface area contributed by atoms with Crippen LogP contribution in [0.3, 0.4) is 0 Å². The molecule has 226 valence electrons. The number of amides is 3. The molecule has 0 aromatic heterocycles. The minimum absolute atomic E-state index is 0.0385. The van der Waals surface area contributed by atoms with Crippen molar-refractivity contribution in [1.82, 2.24) is 5.32 Å². The fraction of sp³-hybridized carbons (Fsp3) is 0.0938. The van der Waals surface area contributed by atoms with Gasteiger partial charge in [0.2, 0.25) is 5.91 Å². The van der Waals surface area contributed by atoms with Gasteiger partial charge in [-0.25, -0.2) is 0 Å². The average Bonchev–Trinajstić information content (AvgIpc) is 2.99. The Morgan fingerprint density at radius 1 is 0.795 bits per heavy atom. The van der Waals surface area contributed by atoms with Crippen molar-refractivity contribution < 1.29 is 27.6 Å². The maximum Gasteiger partial charge on any atom is 0.416 e. The summed E-state index contributed by atoms with van der Waals surface area (Å²) in [6.45, 7) is 1.62. The topological polar surface area (TPSA) is 87.3 Å². The number of hydrogen-bond acceptors (Lipinski definition) is 4. The maximum atomic E-state index is 13.3. The Morgan fingerprint density at radius 2 is 1.43 bits per heavy atom. The summed E-state index contributed by atoms with van der Waals surface area (Å²) in [7, 11) is 0. The molecular formula is C32H24Cl2F3N3O3S. The Hall–Kier alpha value is -4.25. The van der Waals surface area contributed by atoms with Crippen LogP contribution in [0.1, 0.15) is 28.4 Å². The summed E-state index contributed by atoms with van der Waals surface area (Å²) in [5, 5.41) is 7.76. The Balaban J connectivity index is 1.45. The Bertz CT molecular complexity index is 1680. The molecule has 1 unspecified atom stereocenters. The molecule has 1 atom stereocenters. The van der Waals surface area contributed by atoms with Crippen molar-refractivity contribution in [2.45, 2.75) is 23.2 Å². The third kappa shape index (κ3) is 8.89. The molecule has 0 aliphatic carbocycles. The van der Waals surface area contributed by atoms with E-state index < -0.39 is 34.7 Å². The molecule has 0 spiro atoms. The zero-order chi connectivity index (χ0) is 31.9. The van der Waals surface area contributed by atoms with Crippen LogP contribution in [-0.2, 0) is 15.8 Å². The standard InChI is InChI=1S/C32H24Cl2F3N3O3S/c1-19(29(41)39-23-10-5-9-21(17-23)32(35,36)37)44-24-15-13-22(14-16-24)38-31(43)28(18-25-26(33)11-6-12-27(25)34)40-30(42)20-7-3-2-4-8-20/h2-19H,1H3,(H,38,43)(H,39,41)(H,40,42)/b28-18-. The SMILES string of the molecule is CC(Sc1ccc(NC(=O)/C(=C/c2c(Cl)cccc2Cl)NC(=O)c2ccccc2)cc1)C(=O)Nc1cccc(C(F)(F)F)c1. The summed E-state index contributed by atoms with van der Waals surface area (Å²) in [6.07, 6.45) is -3.14. The van der Waals surface area contributed by atoms with E-state index in [0.717, 1.165) is 12.1 Å². The second-order valence-corrected chi connectivity index (χ2v) is 11.5. The second-order valence-electron chi connectivity index (χ2n) is 9.32. The smallest absolute Gasteiger partial charge is 0.325 e. The first-order valence-corrected chi connectivity index (χ1v) is 14.6. The zero-order valence-corrected chi connectivity index (χ0v) is 25.2. The summed E-state index contributed by atoms with van der Waals surface area (Å²) < 4.78 is 39.0.